The van der Waals surface area contributed by atoms with Crippen LogP contribution in [-0.2, 0) is 14.8 Å². The maximum atomic E-state index is 13.4. The lowest BCUT2D eigenvalue weighted by Crippen LogP contribution is -2.42. The van der Waals surface area contributed by atoms with Crippen LogP contribution in [0, 0.1) is 6.92 Å². The molecule has 31 heavy (non-hydrogen) atoms. The first-order valence-electron chi connectivity index (χ1n) is 9.94. The van der Waals surface area contributed by atoms with Crippen LogP contribution in [0.4, 0.5) is 5.69 Å². The second kappa shape index (κ2) is 9.98. The van der Waals surface area contributed by atoms with Crippen LogP contribution in [0.2, 0.25) is 5.02 Å². The number of benzene rings is 3. The molecule has 0 aromatic heterocycles. The summed E-state index contributed by atoms with van der Waals surface area (Å²) in [4.78, 5) is 12.9. The second-order valence-electron chi connectivity index (χ2n) is 7.37. The van der Waals surface area contributed by atoms with E-state index in [1.807, 2.05) is 37.3 Å². The van der Waals surface area contributed by atoms with E-state index in [-0.39, 0.29) is 23.3 Å². The van der Waals surface area contributed by atoms with E-state index in [1.54, 1.807) is 43.3 Å². The van der Waals surface area contributed by atoms with Gasteiger partial charge in [-0.05, 0) is 54.3 Å². The zero-order valence-corrected chi connectivity index (χ0v) is 19.0. The molecule has 3 rings (SSSR count). The third kappa shape index (κ3) is 5.66. The summed E-state index contributed by atoms with van der Waals surface area (Å²) < 4.78 is 27.9. The van der Waals surface area contributed by atoms with Gasteiger partial charge in [0.05, 0.1) is 10.6 Å². The fourth-order valence-electron chi connectivity index (χ4n) is 3.27. The molecule has 0 heterocycles. The summed E-state index contributed by atoms with van der Waals surface area (Å²) in [5, 5.41) is 3.36. The van der Waals surface area contributed by atoms with Gasteiger partial charge in [-0.3, -0.25) is 9.10 Å². The van der Waals surface area contributed by atoms with E-state index in [1.165, 1.54) is 12.1 Å². The standard InChI is InChI=1S/C24H25ClN2O3S/c1-18-15-21(25)13-14-23(18)27(31(29,30)22-11-7-4-8-12-22)17-24(28)26-16-19(2)20-9-5-3-6-10-20/h3-15,19H,16-17H2,1-2H3,(H,26,28)/t19-/m1/s1. The van der Waals surface area contributed by atoms with Gasteiger partial charge in [0, 0.05) is 11.6 Å². The van der Waals surface area contributed by atoms with Crippen molar-refractivity contribution in [3.63, 3.8) is 0 Å². The highest BCUT2D eigenvalue weighted by molar-refractivity contribution is 7.92. The van der Waals surface area contributed by atoms with Crippen LogP contribution in [0.5, 0.6) is 0 Å². The number of nitrogens with one attached hydrogen (secondary N) is 1. The van der Waals surface area contributed by atoms with Crippen molar-refractivity contribution in [2.45, 2.75) is 24.7 Å². The molecule has 0 aliphatic rings. The Balaban J connectivity index is 1.84. The van der Waals surface area contributed by atoms with Gasteiger partial charge in [-0.15, -0.1) is 0 Å². The van der Waals surface area contributed by atoms with Crippen molar-refractivity contribution >= 4 is 33.2 Å². The van der Waals surface area contributed by atoms with E-state index in [4.69, 9.17) is 11.6 Å². The highest BCUT2D eigenvalue weighted by Crippen LogP contribution is 2.28. The number of carbonyl (C=O) groups excluding carboxylic acids is 1. The van der Waals surface area contributed by atoms with Crippen molar-refractivity contribution in [1.82, 2.24) is 5.32 Å². The summed E-state index contributed by atoms with van der Waals surface area (Å²) in [5.41, 5.74) is 2.18. The molecular weight excluding hydrogens is 432 g/mol. The van der Waals surface area contributed by atoms with Crippen LogP contribution >= 0.6 is 11.6 Å². The molecule has 1 atom stereocenters. The fraction of sp³-hybridized carbons (Fsp3) is 0.208. The number of sulfonamides is 1. The smallest absolute Gasteiger partial charge is 0.264 e. The molecule has 0 fully saturated rings. The zero-order valence-electron chi connectivity index (χ0n) is 17.5. The molecule has 3 aromatic carbocycles. The van der Waals surface area contributed by atoms with Gasteiger partial charge >= 0.3 is 0 Å². The average molecular weight is 457 g/mol. The molecule has 1 N–H and O–H groups in total. The molecule has 0 saturated heterocycles. The van der Waals surface area contributed by atoms with Crippen LogP contribution in [0.25, 0.3) is 0 Å². The van der Waals surface area contributed by atoms with Crippen molar-refractivity contribution < 1.29 is 13.2 Å². The molecule has 7 heteroatoms. The average Bonchev–Trinajstić information content (AvgIpc) is 2.77. The number of halogens is 1. The SMILES string of the molecule is Cc1cc(Cl)ccc1N(CC(=O)NC[C@@H](C)c1ccccc1)S(=O)(=O)c1ccccc1. The first kappa shape index (κ1) is 22.8. The fourth-order valence-corrected chi connectivity index (χ4v) is 5.00. The van der Waals surface area contributed by atoms with E-state index >= 15 is 0 Å². The number of anilines is 1. The molecule has 0 bridgehead atoms. The molecule has 0 spiro atoms. The number of rotatable bonds is 8. The molecule has 5 nitrogen and oxygen atoms in total. The Morgan fingerprint density at radius 3 is 2.23 bits per heavy atom. The predicted octanol–water partition coefficient (Wildman–Crippen LogP) is 4.76. The van der Waals surface area contributed by atoms with Crippen molar-refractivity contribution in [2.75, 3.05) is 17.4 Å². The van der Waals surface area contributed by atoms with Crippen molar-refractivity contribution in [2.24, 2.45) is 0 Å². The lowest BCUT2D eigenvalue weighted by atomic mass is 10.0. The number of carbonyl (C=O) groups is 1. The summed E-state index contributed by atoms with van der Waals surface area (Å²) >= 11 is 6.05. The predicted molar refractivity (Wildman–Crippen MR) is 125 cm³/mol. The number of hydrogen-bond donors (Lipinski definition) is 1. The van der Waals surface area contributed by atoms with E-state index in [0.29, 0.717) is 22.8 Å². The van der Waals surface area contributed by atoms with E-state index < -0.39 is 10.0 Å². The largest absolute Gasteiger partial charge is 0.354 e. The monoisotopic (exact) mass is 456 g/mol. The van der Waals surface area contributed by atoms with Gasteiger partial charge in [0.2, 0.25) is 5.91 Å². The lowest BCUT2D eigenvalue weighted by Gasteiger charge is -2.26. The van der Waals surface area contributed by atoms with Crippen LogP contribution in [-0.4, -0.2) is 27.4 Å². The van der Waals surface area contributed by atoms with Crippen LogP contribution in [0.15, 0.2) is 83.8 Å². The van der Waals surface area contributed by atoms with Gasteiger partial charge in [0.1, 0.15) is 6.54 Å². The van der Waals surface area contributed by atoms with Crippen molar-refractivity contribution in [3.8, 4) is 0 Å². The summed E-state index contributed by atoms with van der Waals surface area (Å²) in [6, 6.07) is 22.8. The molecule has 0 unspecified atom stereocenters. The third-order valence-electron chi connectivity index (χ3n) is 5.02. The first-order chi connectivity index (χ1) is 14.8. The van der Waals surface area contributed by atoms with Gasteiger partial charge in [0.25, 0.3) is 10.0 Å². The minimum atomic E-state index is -3.95. The second-order valence-corrected chi connectivity index (χ2v) is 9.67. The van der Waals surface area contributed by atoms with Crippen molar-refractivity contribution in [3.05, 3.63) is 95.0 Å². The van der Waals surface area contributed by atoms with Crippen LogP contribution in [0.3, 0.4) is 0 Å². The van der Waals surface area contributed by atoms with Gasteiger partial charge in [0.15, 0.2) is 0 Å². The molecular formula is C24H25ClN2O3S. The third-order valence-corrected chi connectivity index (χ3v) is 7.03. The number of aryl methyl sites for hydroxylation is 1. The van der Waals surface area contributed by atoms with Crippen molar-refractivity contribution in [1.29, 1.82) is 0 Å². The van der Waals surface area contributed by atoms with Gasteiger partial charge < -0.3 is 5.32 Å². The van der Waals surface area contributed by atoms with E-state index in [9.17, 15) is 13.2 Å². The summed E-state index contributed by atoms with van der Waals surface area (Å²) in [7, 11) is -3.95. The minimum absolute atomic E-state index is 0.0987. The molecule has 1 amide bonds. The molecule has 0 aliphatic carbocycles. The summed E-state index contributed by atoms with van der Waals surface area (Å²) in [6.07, 6.45) is 0. The number of hydrogen-bond acceptors (Lipinski definition) is 3. The van der Waals surface area contributed by atoms with Gasteiger partial charge in [-0.1, -0.05) is 67.1 Å². The number of amides is 1. The van der Waals surface area contributed by atoms with Crippen LogP contribution in [0.1, 0.15) is 24.0 Å². The summed E-state index contributed by atoms with van der Waals surface area (Å²) in [6.45, 7) is 3.85. The van der Waals surface area contributed by atoms with Gasteiger partial charge in [-0.2, -0.15) is 0 Å². The Labute approximate surface area is 188 Å². The minimum Gasteiger partial charge on any atom is -0.354 e. The molecule has 0 saturated carbocycles. The maximum Gasteiger partial charge on any atom is 0.264 e. The van der Waals surface area contributed by atoms with E-state index in [2.05, 4.69) is 5.32 Å². The number of nitrogens with zero attached hydrogens (tertiary/aromatic N) is 1. The van der Waals surface area contributed by atoms with Crippen LogP contribution < -0.4 is 9.62 Å². The quantitative estimate of drug-likeness (QED) is 0.531. The highest BCUT2D eigenvalue weighted by atomic mass is 35.5. The lowest BCUT2D eigenvalue weighted by molar-refractivity contribution is -0.119. The Hall–Kier alpha value is -2.83. The Morgan fingerprint density at radius 2 is 1.61 bits per heavy atom. The zero-order chi connectivity index (χ0) is 22.4. The molecule has 0 radical (unpaired) electrons. The van der Waals surface area contributed by atoms with Gasteiger partial charge in [-0.25, -0.2) is 8.42 Å². The first-order valence-corrected chi connectivity index (χ1v) is 11.8. The molecule has 3 aromatic rings. The Kier molecular flexibility index (Phi) is 7.36. The Bertz CT molecular complexity index is 1140. The molecule has 0 aliphatic heterocycles. The topological polar surface area (TPSA) is 66.5 Å². The maximum absolute atomic E-state index is 13.4. The summed E-state index contributed by atoms with van der Waals surface area (Å²) in [5.74, 6) is -0.279. The normalized spacial score (nSPS) is 12.2. The Morgan fingerprint density at radius 1 is 1.00 bits per heavy atom. The molecule has 162 valence electrons. The van der Waals surface area contributed by atoms with E-state index in [0.717, 1.165) is 9.87 Å². The highest BCUT2D eigenvalue weighted by Gasteiger charge is 2.28.